The fraction of sp³-hybridized carbons (Fsp3) is 0.292. The monoisotopic (exact) mass is 429 g/mol. The van der Waals surface area contributed by atoms with Crippen molar-refractivity contribution in [2.24, 2.45) is 0 Å². The van der Waals surface area contributed by atoms with Crippen LogP contribution in [0.4, 0.5) is 4.39 Å². The molecule has 0 unspecified atom stereocenters. The fourth-order valence-electron chi connectivity index (χ4n) is 2.98. The lowest BCUT2D eigenvalue weighted by molar-refractivity contribution is -0.134. The summed E-state index contributed by atoms with van der Waals surface area (Å²) < 4.78 is 25.3. The van der Waals surface area contributed by atoms with E-state index in [9.17, 15) is 9.18 Å². The van der Waals surface area contributed by atoms with E-state index in [0.717, 1.165) is 0 Å². The van der Waals surface area contributed by atoms with Gasteiger partial charge in [0.05, 0.1) is 19.4 Å². The third-order valence-corrected chi connectivity index (χ3v) is 5.13. The zero-order valence-corrected chi connectivity index (χ0v) is 18.1. The topological polar surface area (TPSA) is 42.7 Å². The van der Waals surface area contributed by atoms with Gasteiger partial charge in [0.25, 0.3) is 5.91 Å². The first kappa shape index (κ1) is 21.9. The van der Waals surface area contributed by atoms with Crippen LogP contribution in [0.1, 0.15) is 37.7 Å². The standard InChI is InChI=1S/C24H25ClFNO3/c1-24(2,3)17-9-11-18(12-10-17)30-16-23(28)27(14-19-6-5-13-29-19)15-20-21(25)7-4-8-22(20)26/h4-13H,14-16H2,1-3H3. The van der Waals surface area contributed by atoms with Crippen molar-refractivity contribution in [3.05, 3.63) is 88.6 Å². The number of rotatable bonds is 7. The number of amides is 1. The van der Waals surface area contributed by atoms with Gasteiger partial charge in [-0.25, -0.2) is 4.39 Å². The molecule has 3 rings (SSSR count). The summed E-state index contributed by atoms with van der Waals surface area (Å²) in [5.74, 6) is 0.424. The molecule has 6 heteroatoms. The summed E-state index contributed by atoms with van der Waals surface area (Å²) in [7, 11) is 0. The van der Waals surface area contributed by atoms with Crippen LogP contribution < -0.4 is 4.74 Å². The quantitative estimate of drug-likeness (QED) is 0.464. The van der Waals surface area contributed by atoms with Crippen molar-refractivity contribution in [1.29, 1.82) is 0 Å². The van der Waals surface area contributed by atoms with E-state index in [1.54, 1.807) is 18.2 Å². The Kier molecular flexibility index (Phi) is 6.83. The molecular weight excluding hydrogens is 405 g/mol. The van der Waals surface area contributed by atoms with Crippen molar-refractivity contribution in [3.63, 3.8) is 0 Å². The first-order chi connectivity index (χ1) is 14.2. The van der Waals surface area contributed by atoms with Gasteiger partial charge in [0, 0.05) is 10.6 Å². The van der Waals surface area contributed by atoms with E-state index in [0.29, 0.717) is 11.5 Å². The number of ether oxygens (including phenoxy) is 1. The Balaban J connectivity index is 1.72. The molecule has 0 atom stereocenters. The molecule has 0 aliphatic carbocycles. The van der Waals surface area contributed by atoms with Crippen LogP contribution in [-0.2, 0) is 23.3 Å². The van der Waals surface area contributed by atoms with Crippen molar-refractivity contribution in [2.45, 2.75) is 39.3 Å². The van der Waals surface area contributed by atoms with Crippen LogP contribution in [0.2, 0.25) is 5.02 Å². The van der Waals surface area contributed by atoms with Gasteiger partial charge in [-0.05, 0) is 47.4 Å². The molecule has 1 aromatic heterocycles. The van der Waals surface area contributed by atoms with Crippen LogP contribution in [0.5, 0.6) is 5.75 Å². The number of carbonyl (C=O) groups is 1. The van der Waals surface area contributed by atoms with E-state index in [1.807, 2.05) is 24.3 Å². The van der Waals surface area contributed by atoms with Gasteiger partial charge in [0.15, 0.2) is 6.61 Å². The second-order valence-corrected chi connectivity index (χ2v) is 8.50. The fourth-order valence-corrected chi connectivity index (χ4v) is 3.21. The SMILES string of the molecule is CC(C)(C)c1ccc(OCC(=O)N(Cc2ccco2)Cc2c(F)cccc2Cl)cc1. The van der Waals surface area contributed by atoms with Gasteiger partial charge < -0.3 is 14.1 Å². The molecule has 0 spiro atoms. The highest BCUT2D eigenvalue weighted by molar-refractivity contribution is 6.31. The van der Waals surface area contributed by atoms with Gasteiger partial charge >= 0.3 is 0 Å². The average molecular weight is 430 g/mol. The lowest BCUT2D eigenvalue weighted by Gasteiger charge is -2.23. The minimum Gasteiger partial charge on any atom is -0.484 e. The Morgan fingerprint density at radius 2 is 1.80 bits per heavy atom. The number of benzene rings is 2. The molecule has 0 bridgehead atoms. The molecule has 1 heterocycles. The van der Waals surface area contributed by atoms with Crippen LogP contribution >= 0.6 is 11.6 Å². The average Bonchev–Trinajstić information content (AvgIpc) is 3.21. The number of halogens is 2. The Hall–Kier alpha value is -2.79. The molecule has 1 amide bonds. The highest BCUT2D eigenvalue weighted by Gasteiger charge is 2.20. The largest absolute Gasteiger partial charge is 0.484 e. The molecule has 3 aromatic rings. The smallest absolute Gasteiger partial charge is 0.261 e. The summed E-state index contributed by atoms with van der Waals surface area (Å²) in [6.07, 6.45) is 1.53. The summed E-state index contributed by atoms with van der Waals surface area (Å²) in [6.45, 7) is 6.41. The number of nitrogens with zero attached hydrogens (tertiary/aromatic N) is 1. The number of furan rings is 1. The predicted molar refractivity (Wildman–Crippen MR) is 115 cm³/mol. The third-order valence-electron chi connectivity index (χ3n) is 4.77. The Labute approximate surface area is 181 Å². The molecule has 2 aromatic carbocycles. The summed E-state index contributed by atoms with van der Waals surface area (Å²) in [4.78, 5) is 14.4. The van der Waals surface area contributed by atoms with Crippen molar-refractivity contribution in [2.75, 3.05) is 6.61 Å². The molecule has 158 valence electrons. The highest BCUT2D eigenvalue weighted by atomic mass is 35.5. The van der Waals surface area contributed by atoms with Gasteiger partial charge in [-0.3, -0.25) is 4.79 Å². The van der Waals surface area contributed by atoms with Crippen molar-refractivity contribution < 1.29 is 18.3 Å². The van der Waals surface area contributed by atoms with E-state index in [-0.39, 0.29) is 41.6 Å². The van der Waals surface area contributed by atoms with E-state index >= 15 is 0 Å². The van der Waals surface area contributed by atoms with Crippen molar-refractivity contribution in [3.8, 4) is 5.75 Å². The molecule has 0 N–H and O–H groups in total. The van der Waals surface area contributed by atoms with Crippen molar-refractivity contribution in [1.82, 2.24) is 4.90 Å². The molecule has 0 aliphatic heterocycles. The van der Waals surface area contributed by atoms with Crippen LogP contribution in [0.25, 0.3) is 0 Å². The van der Waals surface area contributed by atoms with E-state index < -0.39 is 5.82 Å². The van der Waals surface area contributed by atoms with Gasteiger partial charge in [-0.1, -0.05) is 50.6 Å². The molecule has 0 fully saturated rings. The Morgan fingerprint density at radius 3 is 2.40 bits per heavy atom. The molecular formula is C24H25ClFNO3. The lowest BCUT2D eigenvalue weighted by atomic mass is 9.87. The molecule has 0 aliphatic rings. The maximum absolute atomic E-state index is 14.3. The predicted octanol–water partition coefficient (Wildman–Crippen LogP) is 5.98. The maximum atomic E-state index is 14.3. The summed E-state index contributed by atoms with van der Waals surface area (Å²) >= 11 is 6.15. The second-order valence-electron chi connectivity index (χ2n) is 8.09. The summed E-state index contributed by atoms with van der Waals surface area (Å²) in [5, 5.41) is 0.269. The summed E-state index contributed by atoms with van der Waals surface area (Å²) in [6, 6.07) is 15.6. The first-order valence-corrected chi connectivity index (χ1v) is 10.1. The number of hydrogen-bond acceptors (Lipinski definition) is 3. The second kappa shape index (κ2) is 9.35. The molecule has 0 saturated heterocycles. The maximum Gasteiger partial charge on any atom is 0.261 e. The molecule has 0 radical (unpaired) electrons. The van der Waals surface area contributed by atoms with Crippen molar-refractivity contribution >= 4 is 17.5 Å². The van der Waals surface area contributed by atoms with Gasteiger partial charge in [0.1, 0.15) is 17.3 Å². The number of hydrogen-bond donors (Lipinski definition) is 0. The zero-order chi connectivity index (χ0) is 21.7. The Bertz CT molecular complexity index is 958. The van der Waals surface area contributed by atoms with E-state index in [2.05, 4.69) is 20.8 Å². The van der Waals surface area contributed by atoms with Gasteiger partial charge in [0.2, 0.25) is 0 Å². The molecule has 0 saturated carbocycles. The minimum absolute atomic E-state index is 0.0113. The van der Waals surface area contributed by atoms with Crippen LogP contribution in [0.3, 0.4) is 0 Å². The van der Waals surface area contributed by atoms with Crippen LogP contribution in [0, 0.1) is 5.82 Å². The molecule has 30 heavy (non-hydrogen) atoms. The van der Waals surface area contributed by atoms with Gasteiger partial charge in [-0.2, -0.15) is 0 Å². The Morgan fingerprint density at radius 1 is 1.07 bits per heavy atom. The van der Waals surface area contributed by atoms with Crippen LogP contribution in [-0.4, -0.2) is 17.4 Å². The minimum atomic E-state index is -0.460. The number of carbonyl (C=O) groups excluding carboxylic acids is 1. The normalized spacial score (nSPS) is 11.4. The van der Waals surface area contributed by atoms with E-state index in [1.165, 1.54) is 28.9 Å². The van der Waals surface area contributed by atoms with E-state index in [4.69, 9.17) is 20.8 Å². The first-order valence-electron chi connectivity index (χ1n) is 9.70. The highest BCUT2D eigenvalue weighted by Crippen LogP contribution is 2.25. The third kappa shape index (κ3) is 5.63. The molecule has 4 nitrogen and oxygen atoms in total. The lowest BCUT2D eigenvalue weighted by Crippen LogP contribution is -2.34. The summed E-state index contributed by atoms with van der Waals surface area (Å²) in [5.41, 5.74) is 1.47. The zero-order valence-electron chi connectivity index (χ0n) is 17.3. The van der Waals surface area contributed by atoms with Crippen LogP contribution in [0.15, 0.2) is 65.3 Å². The van der Waals surface area contributed by atoms with Gasteiger partial charge in [-0.15, -0.1) is 0 Å².